The third-order valence-electron chi connectivity index (χ3n) is 3.30. The van der Waals surface area contributed by atoms with Crippen LogP contribution in [0.3, 0.4) is 0 Å². The van der Waals surface area contributed by atoms with Gasteiger partial charge in [0.1, 0.15) is 0 Å². The number of anilines is 1. The van der Waals surface area contributed by atoms with Crippen LogP contribution in [-0.2, 0) is 6.54 Å². The van der Waals surface area contributed by atoms with E-state index in [1.165, 1.54) is 6.20 Å². The lowest BCUT2D eigenvalue weighted by Crippen LogP contribution is -2.15. The van der Waals surface area contributed by atoms with Crippen molar-refractivity contribution in [3.8, 4) is 5.69 Å². The summed E-state index contributed by atoms with van der Waals surface area (Å²) in [7, 11) is 0. The molecule has 0 fully saturated rings. The summed E-state index contributed by atoms with van der Waals surface area (Å²) in [5.74, 6) is -0.504. The number of carbonyl (C=O) groups is 1. The molecule has 1 aromatic carbocycles. The van der Waals surface area contributed by atoms with Gasteiger partial charge >= 0.3 is 0 Å². The van der Waals surface area contributed by atoms with Crippen LogP contribution in [0.5, 0.6) is 0 Å². The Kier molecular flexibility index (Phi) is 3.82. The molecule has 1 amide bonds. The summed E-state index contributed by atoms with van der Waals surface area (Å²) in [5, 5.41) is 7.48. The Morgan fingerprint density at radius 1 is 1.18 bits per heavy atom. The molecule has 110 valence electrons. The Morgan fingerprint density at radius 2 is 2.05 bits per heavy atom. The Hall–Kier alpha value is -3.15. The van der Waals surface area contributed by atoms with Gasteiger partial charge in [0.15, 0.2) is 0 Å². The normalized spacial score (nSPS) is 10.4. The monoisotopic (exact) mass is 293 g/mol. The largest absolute Gasteiger partial charge is 0.380 e. The summed E-state index contributed by atoms with van der Waals surface area (Å²) in [5.41, 5.74) is 8.43. The van der Waals surface area contributed by atoms with Crippen molar-refractivity contribution in [1.82, 2.24) is 14.8 Å². The van der Waals surface area contributed by atoms with Gasteiger partial charge < -0.3 is 11.1 Å². The minimum atomic E-state index is -0.504. The summed E-state index contributed by atoms with van der Waals surface area (Å²) in [6, 6.07) is 11.5. The fourth-order valence-corrected chi connectivity index (χ4v) is 2.23. The number of nitrogens with zero attached hydrogens (tertiary/aromatic N) is 3. The fourth-order valence-electron chi connectivity index (χ4n) is 2.23. The first-order chi connectivity index (χ1) is 10.8. The first-order valence-corrected chi connectivity index (χ1v) is 6.81. The van der Waals surface area contributed by atoms with Gasteiger partial charge in [0.05, 0.1) is 16.9 Å². The quantitative estimate of drug-likeness (QED) is 0.753. The van der Waals surface area contributed by atoms with E-state index in [4.69, 9.17) is 5.73 Å². The maximum Gasteiger partial charge on any atom is 0.252 e. The second kappa shape index (κ2) is 6.09. The molecule has 3 aromatic rings. The van der Waals surface area contributed by atoms with Crippen LogP contribution in [0.1, 0.15) is 15.9 Å². The molecular formula is C16H15N5O. The first kappa shape index (κ1) is 13.8. The number of hydrogen-bond donors (Lipinski definition) is 2. The molecule has 0 atom stereocenters. The predicted molar refractivity (Wildman–Crippen MR) is 83.6 cm³/mol. The molecule has 3 N–H and O–H groups in total. The van der Waals surface area contributed by atoms with Gasteiger partial charge in [0.25, 0.3) is 5.91 Å². The van der Waals surface area contributed by atoms with Gasteiger partial charge in [-0.15, -0.1) is 0 Å². The van der Waals surface area contributed by atoms with E-state index >= 15 is 0 Å². The fraction of sp³-hybridized carbons (Fsp3) is 0.0625. The third kappa shape index (κ3) is 2.80. The van der Waals surface area contributed by atoms with E-state index in [-0.39, 0.29) is 0 Å². The minimum absolute atomic E-state index is 0.374. The molecule has 0 unspecified atom stereocenters. The standard InChI is InChI=1S/C16H15N5O/c17-16(22)13-11-18-8-6-14(13)19-10-12-4-1-2-5-15(12)21-9-3-7-20-21/h1-9,11H,10H2,(H2,17,22)(H,18,19). The summed E-state index contributed by atoms with van der Waals surface area (Å²) in [6.45, 7) is 0.542. The molecule has 6 nitrogen and oxygen atoms in total. The van der Waals surface area contributed by atoms with Crippen LogP contribution in [0.15, 0.2) is 61.2 Å². The molecule has 0 aliphatic carbocycles. The van der Waals surface area contributed by atoms with Crippen molar-refractivity contribution in [1.29, 1.82) is 0 Å². The SMILES string of the molecule is NC(=O)c1cnccc1NCc1ccccc1-n1cccn1. The van der Waals surface area contributed by atoms with E-state index in [9.17, 15) is 4.79 Å². The lowest BCUT2D eigenvalue weighted by atomic mass is 10.1. The Labute approximate surface area is 127 Å². The number of amides is 1. The highest BCUT2D eigenvalue weighted by atomic mass is 16.1. The maximum absolute atomic E-state index is 11.4. The average Bonchev–Trinajstić information content (AvgIpc) is 3.07. The van der Waals surface area contributed by atoms with Crippen LogP contribution in [0, 0.1) is 0 Å². The van der Waals surface area contributed by atoms with Crippen molar-refractivity contribution in [3.63, 3.8) is 0 Å². The Balaban J connectivity index is 1.85. The number of benzene rings is 1. The van der Waals surface area contributed by atoms with Gasteiger partial charge in [-0.25, -0.2) is 4.68 Å². The number of aromatic nitrogens is 3. The van der Waals surface area contributed by atoms with Crippen molar-refractivity contribution < 1.29 is 4.79 Å². The molecule has 22 heavy (non-hydrogen) atoms. The summed E-state index contributed by atoms with van der Waals surface area (Å²) in [4.78, 5) is 15.3. The summed E-state index contributed by atoms with van der Waals surface area (Å²) < 4.78 is 1.80. The van der Waals surface area contributed by atoms with Gasteiger partial charge in [0.2, 0.25) is 0 Å². The highest BCUT2D eigenvalue weighted by Gasteiger charge is 2.09. The Morgan fingerprint density at radius 3 is 2.82 bits per heavy atom. The van der Waals surface area contributed by atoms with Crippen molar-refractivity contribution in [2.45, 2.75) is 6.54 Å². The van der Waals surface area contributed by atoms with Gasteiger partial charge in [-0.3, -0.25) is 9.78 Å². The number of rotatable bonds is 5. The summed E-state index contributed by atoms with van der Waals surface area (Å²) >= 11 is 0. The second-order valence-electron chi connectivity index (χ2n) is 4.72. The highest BCUT2D eigenvalue weighted by Crippen LogP contribution is 2.18. The van der Waals surface area contributed by atoms with E-state index < -0.39 is 5.91 Å². The number of nitrogens with one attached hydrogen (secondary N) is 1. The molecule has 0 saturated heterocycles. The number of pyridine rings is 1. The molecule has 0 spiro atoms. The molecule has 3 rings (SSSR count). The molecule has 0 aliphatic rings. The second-order valence-corrected chi connectivity index (χ2v) is 4.72. The van der Waals surface area contributed by atoms with Gasteiger partial charge in [-0.2, -0.15) is 5.10 Å². The topological polar surface area (TPSA) is 85.8 Å². The number of nitrogens with two attached hydrogens (primary N) is 1. The van der Waals surface area contributed by atoms with E-state index in [1.807, 2.05) is 36.5 Å². The lowest BCUT2D eigenvalue weighted by Gasteiger charge is -2.13. The van der Waals surface area contributed by atoms with Crippen LogP contribution in [-0.4, -0.2) is 20.7 Å². The van der Waals surface area contributed by atoms with Crippen LogP contribution in [0.4, 0.5) is 5.69 Å². The van der Waals surface area contributed by atoms with Crippen molar-refractivity contribution in [2.24, 2.45) is 5.73 Å². The first-order valence-electron chi connectivity index (χ1n) is 6.81. The van der Waals surface area contributed by atoms with E-state index in [0.717, 1.165) is 11.3 Å². The maximum atomic E-state index is 11.4. The highest BCUT2D eigenvalue weighted by molar-refractivity contribution is 5.98. The molecular weight excluding hydrogens is 278 g/mol. The zero-order chi connectivity index (χ0) is 15.4. The van der Waals surface area contributed by atoms with Crippen molar-refractivity contribution in [2.75, 3.05) is 5.32 Å². The molecule has 0 saturated carbocycles. The average molecular weight is 293 g/mol. The van der Waals surface area contributed by atoms with Crippen LogP contribution in [0.25, 0.3) is 5.69 Å². The Bertz CT molecular complexity index is 783. The molecule has 6 heteroatoms. The zero-order valence-electron chi connectivity index (χ0n) is 11.8. The van der Waals surface area contributed by atoms with Crippen LogP contribution in [0.2, 0.25) is 0 Å². The van der Waals surface area contributed by atoms with Crippen LogP contribution < -0.4 is 11.1 Å². The van der Waals surface area contributed by atoms with Crippen LogP contribution >= 0.6 is 0 Å². The molecule has 0 bridgehead atoms. The number of hydrogen-bond acceptors (Lipinski definition) is 4. The van der Waals surface area contributed by atoms with Gasteiger partial charge in [0, 0.05) is 31.3 Å². The van der Waals surface area contributed by atoms with Gasteiger partial charge in [-0.05, 0) is 23.8 Å². The van der Waals surface area contributed by atoms with Gasteiger partial charge in [-0.1, -0.05) is 18.2 Å². The van der Waals surface area contributed by atoms with Crippen molar-refractivity contribution in [3.05, 3.63) is 72.3 Å². The third-order valence-corrected chi connectivity index (χ3v) is 3.30. The van der Waals surface area contributed by atoms with E-state index in [0.29, 0.717) is 17.8 Å². The number of primary amides is 1. The number of para-hydroxylation sites is 1. The zero-order valence-corrected chi connectivity index (χ0v) is 11.8. The smallest absolute Gasteiger partial charge is 0.252 e. The predicted octanol–water partition coefficient (Wildman–Crippen LogP) is 1.98. The molecule has 2 heterocycles. The molecule has 0 aliphatic heterocycles. The summed E-state index contributed by atoms with van der Waals surface area (Å²) in [6.07, 6.45) is 6.70. The van der Waals surface area contributed by atoms with Crippen molar-refractivity contribution >= 4 is 11.6 Å². The van der Waals surface area contributed by atoms with E-state index in [1.54, 1.807) is 23.1 Å². The number of carbonyl (C=O) groups excluding carboxylic acids is 1. The molecule has 0 radical (unpaired) electrons. The molecule has 2 aromatic heterocycles. The van der Waals surface area contributed by atoms with E-state index in [2.05, 4.69) is 15.4 Å². The minimum Gasteiger partial charge on any atom is -0.380 e. The lowest BCUT2D eigenvalue weighted by molar-refractivity contribution is 0.100.